The first-order chi connectivity index (χ1) is 13.4. The Bertz CT molecular complexity index is 1010. The average Bonchev–Trinajstić information content (AvgIpc) is 3.20. The van der Waals surface area contributed by atoms with Gasteiger partial charge in [-0.1, -0.05) is 24.3 Å². The summed E-state index contributed by atoms with van der Waals surface area (Å²) in [6.45, 7) is 3.23. The molecule has 1 N–H and O–H groups in total. The van der Waals surface area contributed by atoms with Crippen LogP contribution >= 0.6 is 0 Å². The van der Waals surface area contributed by atoms with Gasteiger partial charge in [-0.2, -0.15) is 4.31 Å². The van der Waals surface area contributed by atoms with Gasteiger partial charge in [-0.3, -0.25) is 9.59 Å². The zero-order valence-electron chi connectivity index (χ0n) is 15.9. The molecule has 1 aromatic carbocycles. The summed E-state index contributed by atoms with van der Waals surface area (Å²) in [6, 6.07) is 10.5. The molecule has 1 aromatic heterocycles. The van der Waals surface area contributed by atoms with Crippen LogP contribution < -0.4 is 10.9 Å². The van der Waals surface area contributed by atoms with Crippen molar-refractivity contribution in [3.63, 3.8) is 0 Å². The van der Waals surface area contributed by atoms with Crippen LogP contribution in [0, 0.1) is 6.92 Å². The second kappa shape index (κ2) is 8.70. The van der Waals surface area contributed by atoms with Crippen molar-refractivity contribution in [3.8, 4) is 0 Å². The molecule has 1 amide bonds. The zero-order valence-corrected chi connectivity index (χ0v) is 16.7. The molecule has 1 aliphatic heterocycles. The molecule has 2 aromatic rings. The van der Waals surface area contributed by atoms with Gasteiger partial charge in [0.05, 0.1) is 4.90 Å². The molecule has 150 valence electrons. The van der Waals surface area contributed by atoms with Crippen LogP contribution in [0.5, 0.6) is 0 Å². The van der Waals surface area contributed by atoms with Crippen molar-refractivity contribution in [2.24, 2.45) is 0 Å². The highest BCUT2D eigenvalue weighted by Gasteiger charge is 2.27. The highest BCUT2D eigenvalue weighted by Crippen LogP contribution is 2.19. The monoisotopic (exact) mass is 403 g/mol. The summed E-state index contributed by atoms with van der Waals surface area (Å²) in [5.74, 6) is -0.327. The van der Waals surface area contributed by atoms with E-state index in [4.69, 9.17) is 0 Å². The lowest BCUT2D eigenvalue weighted by Gasteiger charge is -2.16. The van der Waals surface area contributed by atoms with Crippen molar-refractivity contribution in [3.05, 3.63) is 64.1 Å². The minimum atomic E-state index is -3.63. The van der Waals surface area contributed by atoms with Gasteiger partial charge in [0, 0.05) is 31.9 Å². The Kier molecular flexibility index (Phi) is 6.31. The van der Waals surface area contributed by atoms with Crippen LogP contribution in [-0.4, -0.2) is 42.8 Å². The third-order valence-electron chi connectivity index (χ3n) is 4.95. The highest BCUT2D eigenvalue weighted by molar-refractivity contribution is 7.89. The Morgan fingerprint density at radius 1 is 1.11 bits per heavy atom. The topological polar surface area (TPSA) is 88.5 Å². The molecular formula is C20H25N3O4S. The van der Waals surface area contributed by atoms with E-state index in [-0.39, 0.29) is 17.3 Å². The van der Waals surface area contributed by atoms with Crippen molar-refractivity contribution in [1.29, 1.82) is 0 Å². The highest BCUT2D eigenvalue weighted by atomic mass is 32.2. The maximum Gasteiger partial charge on any atom is 0.251 e. The number of sulfonamides is 1. The second-order valence-corrected chi connectivity index (χ2v) is 8.91. The largest absolute Gasteiger partial charge is 0.354 e. The summed E-state index contributed by atoms with van der Waals surface area (Å²) in [7, 11) is -3.63. The van der Waals surface area contributed by atoms with Crippen LogP contribution in [0.15, 0.2) is 52.3 Å². The number of pyridine rings is 1. The molecule has 1 fully saturated rings. The Morgan fingerprint density at radius 3 is 2.54 bits per heavy atom. The third kappa shape index (κ3) is 4.69. The Hall–Kier alpha value is -2.45. The molecular weight excluding hydrogens is 378 g/mol. The number of nitrogens with one attached hydrogen (secondary N) is 1. The molecule has 3 rings (SSSR count). The van der Waals surface area contributed by atoms with Gasteiger partial charge >= 0.3 is 0 Å². The first-order valence-electron chi connectivity index (χ1n) is 9.40. The molecule has 8 heteroatoms. The molecule has 2 heterocycles. The molecule has 0 spiro atoms. The number of amides is 1. The van der Waals surface area contributed by atoms with E-state index in [0.717, 1.165) is 28.5 Å². The smallest absolute Gasteiger partial charge is 0.251 e. The van der Waals surface area contributed by atoms with E-state index in [2.05, 4.69) is 5.32 Å². The van der Waals surface area contributed by atoms with E-state index >= 15 is 0 Å². The molecule has 28 heavy (non-hydrogen) atoms. The van der Waals surface area contributed by atoms with Crippen LogP contribution in [0.3, 0.4) is 0 Å². The lowest BCUT2D eigenvalue weighted by Crippen LogP contribution is -2.34. The van der Waals surface area contributed by atoms with E-state index in [1.807, 2.05) is 31.2 Å². The maximum absolute atomic E-state index is 12.7. The molecule has 0 atom stereocenters. The summed E-state index contributed by atoms with van der Waals surface area (Å²) in [5.41, 5.74) is 1.90. The van der Waals surface area contributed by atoms with Crippen molar-refractivity contribution in [2.45, 2.75) is 37.6 Å². The number of hydrogen-bond acceptors (Lipinski definition) is 4. The zero-order chi connectivity index (χ0) is 20.1. The summed E-state index contributed by atoms with van der Waals surface area (Å²) in [5, 5.41) is 2.79. The lowest BCUT2D eigenvalue weighted by atomic mass is 10.1. The van der Waals surface area contributed by atoms with Crippen molar-refractivity contribution in [2.75, 3.05) is 19.6 Å². The van der Waals surface area contributed by atoms with Crippen molar-refractivity contribution >= 4 is 15.9 Å². The Balaban J connectivity index is 1.64. The van der Waals surface area contributed by atoms with Gasteiger partial charge in [0.1, 0.15) is 6.54 Å². The first kappa shape index (κ1) is 20.3. The molecule has 1 saturated heterocycles. The van der Waals surface area contributed by atoms with Crippen LogP contribution in [0.25, 0.3) is 0 Å². The molecule has 1 aliphatic rings. The van der Waals surface area contributed by atoms with Crippen LogP contribution in [-0.2, 0) is 27.8 Å². The Morgan fingerprint density at radius 2 is 1.82 bits per heavy atom. The van der Waals surface area contributed by atoms with Gasteiger partial charge in [-0.25, -0.2) is 8.42 Å². The van der Waals surface area contributed by atoms with E-state index in [9.17, 15) is 18.0 Å². The third-order valence-corrected chi connectivity index (χ3v) is 6.83. The number of aromatic nitrogens is 1. The summed E-state index contributed by atoms with van der Waals surface area (Å²) >= 11 is 0. The van der Waals surface area contributed by atoms with Gasteiger partial charge in [0.2, 0.25) is 15.9 Å². The molecule has 0 saturated carbocycles. The lowest BCUT2D eigenvalue weighted by molar-refractivity contribution is -0.121. The van der Waals surface area contributed by atoms with Gasteiger partial charge in [-0.15, -0.1) is 0 Å². The van der Waals surface area contributed by atoms with Gasteiger partial charge < -0.3 is 9.88 Å². The number of aryl methyl sites for hydroxylation is 1. The quantitative estimate of drug-likeness (QED) is 0.755. The van der Waals surface area contributed by atoms with Crippen LogP contribution in [0.2, 0.25) is 0 Å². The molecule has 0 radical (unpaired) electrons. The van der Waals surface area contributed by atoms with Crippen LogP contribution in [0.4, 0.5) is 0 Å². The van der Waals surface area contributed by atoms with E-state index < -0.39 is 15.6 Å². The SMILES string of the molecule is Cc1ccccc1CCNC(=O)Cn1cc(S(=O)(=O)N2CCCC2)ccc1=O. The molecule has 0 unspecified atom stereocenters. The first-order valence-corrected chi connectivity index (χ1v) is 10.8. The summed E-state index contributed by atoms with van der Waals surface area (Å²) in [4.78, 5) is 24.3. The van der Waals surface area contributed by atoms with Gasteiger partial charge in [0.25, 0.3) is 5.56 Å². The Labute approximate surface area is 165 Å². The average molecular weight is 404 g/mol. The van der Waals surface area contributed by atoms with E-state index in [1.165, 1.54) is 22.6 Å². The van der Waals surface area contributed by atoms with Gasteiger partial charge in [-0.05, 0) is 43.4 Å². The summed E-state index contributed by atoms with van der Waals surface area (Å²) in [6.07, 6.45) is 3.62. The van der Waals surface area contributed by atoms with E-state index in [0.29, 0.717) is 26.1 Å². The minimum Gasteiger partial charge on any atom is -0.354 e. The number of nitrogens with zero attached hydrogens (tertiary/aromatic N) is 2. The fourth-order valence-electron chi connectivity index (χ4n) is 3.30. The number of rotatable bonds is 7. The van der Waals surface area contributed by atoms with Gasteiger partial charge in [0.15, 0.2) is 0 Å². The molecule has 7 nitrogen and oxygen atoms in total. The number of benzene rings is 1. The number of hydrogen-bond donors (Lipinski definition) is 1. The molecule has 0 aliphatic carbocycles. The van der Waals surface area contributed by atoms with Crippen LogP contribution in [0.1, 0.15) is 24.0 Å². The minimum absolute atomic E-state index is 0.0433. The van der Waals surface area contributed by atoms with Crippen molar-refractivity contribution < 1.29 is 13.2 Å². The predicted molar refractivity (Wildman–Crippen MR) is 107 cm³/mol. The predicted octanol–water partition coefficient (Wildman–Crippen LogP) is 1.30. The van der Waals surface area contributed by atoms with Crippen molar-refractivity contribution in [1.82, 2.24) is 14.2 Å². The second-order valence-electron chi connectivity index (χ2n) is 6.97. The normalized spacial score (nSPS) is 14.9. The number of carbonyl (C=O) groups is 1. The fourth-order valence-corrected chi connectivity index (χ4v) is 4.84. The van der Waals surface area contributed by atoms with E-state index in [1.54, 1.807) is 0 Å². The standard InChI is InChI=1S/C20H25N3O4S/c1-16-6-2-3-7-17(16)10-11-21-19(24)15-22-14-18(8-9-20(22)25)28(26,27)23-12-4-5-13-23/h2-3,6-9,14H,4-5,10-13,15H2,1H3,(H,21,24). The number of carbonyl (C=O) groups excluding carboxylic acids is 1. The fraction of sp³-hybridized carbons (Fsp3) is 0.400. The maximum atomic E-state index is 12.7. The summed E-state index contributed by atoms with van der Waals surface area (Å²) < 4.78 is 27.9. The molecule has 0 bridgehead atoms.